The zero-order valence-electron chi connectivity index (χ0n) is 9.12. The van der Waals surface area contributed by atoms with Crippen LogP contribution < -0.4 is 0 Å². The zero-order chi connectivity index (χ0) is 14.2. The second-order valence-corrected chi connectivity index (χ2v) is 5.22. The van der Waals surface area contributed by atoms with Gasteiger partial charge in [0.2, 0.25) is 0 Å². The molecule has 7 heteroatoms. The second-order valence-electron chi connectivity index (χ2n) is 3.58. The molecule has 1 aromatic carbocycles. The van der Waals surface area contributed by atoms with Crippen LogP contribution in [0.5, 0.6) is 0 Å². The van der Waals surface area contributed by atoms with Gasteiger partial charge in [0, 0.05) is 16.1 Å². The summed E-state index contributed by atoms with van der Waals surface area (Å²) in [4.78, 5) is 15.0. The standard InChI is InChI=1S/C12H5Cl4NO2/c13-5-3-7(14)10(8(15)4-5)6-1-2-9(16)17-11(6)12(18)19/h1-4H,(H,18,19). The third-order valence-corrected chi connectivity index (χ3v) is 3.36. The second kappa shape index (κ2) is 5.55. The van der Waals surface area contributed by atoms with Crippen LogP contribution in [0.4, 0.5) is 0 Å². The van der Waals surface area contributed by atoms with Gasteiger partial charge in [-0.15, -0.1) is 0 Å². The summed E-state index contributed by atoms with van der Waals surface area (Å²) in [6.07, 6.45) is 0. The van der Waals surface area contributed by atoms with Crippen molar-refractivity contribution in [1.29, 1.82) is 0 Å². The van der Waals surface area contributed by atoms with E-state index in [1.807, 2.05) is 0 Å². The van der Waals surface area contributed by atoms with Crippen molar-refractivity contribution in [2.24, 2.45) is 0 Å². The van der Waals surface area contributed by atoms with Crippen LogP contribution in [0.3, 0.4) is 0 Å². The molecule has 1 heterocycles. The van der Waals surface area contributed by atoms with Gasteiger partial charge in [0.05, 0.1) is 10.0 Å². The number of halogens is 4. The molecule has 0 fully saturated rings. The van der Waals surface area contributed by atoms with Gasteiger partial charge < -0.3 is 5.11 Å². The van der Waals surface area contributed by atoms with Crippen molar-refractivity contribution >= 4 is 52.4 Å². The molecule has 2 aromatic rings. The number of hydrogen-bond donors (Lipinski definition) is 1. The van der Waals surface area contributed by atoms with Crippen LogP contribution >= 0.6 is 46.4 Å². The van der Waals surface area contributed by atoms with Gasteiger partial charge in [-0.2, -0.15) is 0 Å². The molecular weight excluding hydrogens is 332 g/mol. The first kappa shape index (κ1) is 14.4. The molecule has 0 atom stereocenters. The number of aromatic nitrogens is 1. The molecule has 0 aliphatic carbocycles. The summed E-state index contributed by atoms with van der Waals surface area (Å²) < 4.78 is 0. The summed E-state index contributed by atoms with van der Waals surface area (Å²) in [5.41, 5.74) is 0.413. The van der Waals surface area contributed by atoms with E-state index in [1.54, 1.807) is 0 Å². The first-order valence-corrected chi connectivity index (χ1v) is 6.46. The highest BCUT2D eigenvalue weighted by molar-refractivity contribution is 6.42. The number of nitrogens with zero attached hydrogens (tertiary/aromatic N) is 1. The van der Waals surface area contributed by atoms with Gasteiger partial charge in [0.25, 0.3) is 0 Å². The summed E-state index contributed by atoms with van der Waals surface area (Å²) in [5.74, 6) is -1.22. The van der Waals surface area contributed by atoms with Gasteiger partial charge >= 0.3 is 5.97 Å². The maximum atomic E-state index is 11.2. The average Bonchev–Trinajstić information content (AvgIpc) is 2.29. The fourth-order valence-electron chi connectivity index (χ4n) is 1.60. The quantitative estimate of drug-likeness (QED) is 0.780. The van der Waals surface area contributed by atoms with E-state index in [0.29, 0.717) is 10.6 Å². The maximum absolute atomic E-state index is 11.2. The number of carbonyl (C=O) groups is 1. The Hall–Kier alpha value is -1.000. The largest absolute Gasteiger partial charge is 0.476 e. The van der Waals surface area contributed by atoms with Gasteiger partial charge in [-0.1, -0.05) is 46.4 Å². The Labute approximate surface area is 128 Å². The number of pyridine rings is 1. The van der Waals surface area contributed by atoms with E-state index >= 15 is 0 Å². The van der Waals surface area contributed by atoms with E-state index in [9.17, 15) is 4.79 Å². The molecule has 0 amide bonds. The van der Waals surface area contributed by atoms with Gasteiger partial charge in [0.1, 0.15) is 5.15 Å². The summed E-state index contributed by atoms with van der Waals surface area (Å²) in [7, 11) is 0. The first-order valence-electron chi connectivity index (χ1n) is 4.95. The average molecular weight is 337 g/mol. The van der Waals surface area contributed by atoms with Crippen molar-refractivity contribution in [1.82, 2.24) is 4.98 Å². The van der Waals surface area contributed by atoms with Gasteiger partial charge in [-0.3, -0.25) is 0 Å². The molecule has 2 rings (SSSR count). The van der Waals surface area contributed by atoms with Crippen LogP contribution in [0.1, 0.15) is 10.5 Å². The van der Waals surface area contributed by atoms with Crippen molar-refractivity contribution in [3.63, 3.8) is 0 Å². The Bertz CT molecular complexity index is 650. The molecule has 0 aliphatic rings. The summed E-state index contributed by atoms with van der Waals surface area (Å²) in [6.45, 7) is 0. The molecule has 0 bridgehead atoms. The van der Waals surface area contributed by atoms with Crippen LogP contribution in [-0.2, 0) is 0 Å². The number of aromatic carboxylic acids is 1. The molecule has 0 aliphatic heterocycles. The summed E-state index contributed by atoms with van der Waals surface area (Å²) >= 11 is 23.6. The summed E-state index contributed by atoms with van der Waals surface area (Å²) in [6, 6.07) is 5.92. The molecule has 3 nitrogen and oxygen atoms in total. The molecule has 98 valence electrons. The predicted octanol–water partition coefficient (Wildman–Crippen LogP) is 5.06. The molecule has 0 saturated carbocycles. The molecule has 1 N–H and O–H groups in total. The van der Waals surface area contributed by atoms with E-state index in [4.69, 9.17) is 51.5 Å². The molecule has 0 spiro atoms. The van der Waals surface area contributed by atoms with Crippen LogP contribution in [0.2, 0.25) is 20.2 Å². The molecule has 0 unspecified atom stereocenters. The third kappa shape index (κ3) is 2.95. The number of hydrogen-bond acceptors (Lipinski definition) is 2. The minimum atomic E-state index is -1.22. The number of carboxylic acids is 1. The third-order valence-electron chi connectivity index (χ3n) is 2.34. The van der Waals surface area contributed by atoms with Crippen LogP contribution in [0, 0.1) is 0 Å². The van der Waals surface area contributed by atoms with Crippen molar-refractivity contribution in [3.8, 4) is 11.1 Å². The lowest BCUT2D eigenvalue weighted by Gasteiger charge is -2.10. The Morgan fingerprint density at radius 3 is 2.16 bits per heavy atom. The lowest BCUT2D eigenvalue weighted by atomic mass is 10.0. The maximum Gasteiger partial charge on any atom is 0.355 e. The molecule has 0 radical (unpaired) electrons. The molecule has 1 aromatic heterocycles. The van der Waals surface area contributed by atoms with Crippen LogP contribution in [0.15, 0.2) is 24.3 Å². The predicted molar refractivity (Wildman–Crippen MR) is 76.7 cm³/mol. The highest BCUT2D eigenvalue weighted by Gasteiger charge is 2.19. The number of benzene rings is 1. The monoisotopic (exact) mass is 335 g/mol. The first-order chi connectivity index (χ1) is 8.90. The molecular formula is C12H5Cl4NO2. The van der Waals surface area contributed by atoms with Crippen LogP contribution in [-0.4, -0.2) is 16.1 Å². The van der Waals surface area contributed by atoms with E-state index in [2.05, 4.69) is 4.98 Å². The number of rotatable bonds is 2. The minimum Gasteiger partial charge on any atom is -0.476 e. The Morgan fingerprint density at radius 1 is 1.05 bits per heavy atom. The lowest BCUT2D eigenvalue weighted by Crippen LogP contribution is -2.03. The van der Waals surface area contributed by atoms with E-state index in [0.717, 1.165) is 0 Å². The lowest BCUT2D eigenvalue weighted by molar-refractivity contribution is 0.0691. The van der Waals surface area contributed by atoms with Crippen molar-refractivity contribution in [3.05, 3.63) is 50.2 Å². The zero-order valence-corrected chi connectivity index (χ0v) is 12.1. The smallest absolute Gasteiger partial charge is 0.355 e. The molecule has 0 saturated heterocycles. The van der Waals surface area contributed by atoms with Gasteiger partial charge in [-0.05, 0) is 24.3 Å². The van der Waals surface area contributed by atoms with E-state index < -0.39 is 5.97 Å². The normalized spacial score (nSPS) is 10.5. The highest BCUT2D eigenvalue weighted by Crippen LogP contribution is 2.38. The van der Waals surface area contributed by atoms with Crippen molar-refractivity contribution in [2.75, 3.05) is 0 Å². The SMILES string of the molecule is O=C(O)c1nc(Cl)ccc1-c1c(Cl)cc(Cl)cc1Cl. The Morgan fingerprint density at radius 2 is 1.63 bits per heavy atom. The minimum absolute atomic E-state index is 0.0716. The van der Waals surface area contributed by atoms with Gasteiger partial charge in [0.15, 0.2) is 5.69 Å². The van der Waals surface area contributed by atoms with Crippen LogP contribution in [0.25, 0.3) is 11.1 Å². The Kier molecular flexibility index (Phi) is 4.21. The molecule has 19 heavy (non-hydrogen) atoms. The summed E-state index contributed by atoms with van der Waals surface area (Å²) in [5, 5.41) is 10.1. The van der Waals surface area contributed by atoms with Gasteiger partial charge in [-0.25, -0.2) is 9.78 Å². The van der Waals surface area contributed by atoms with E-state index in [-0.39, 0.29) is 26.5 Å². The fraction of sp³-hybridized carbons (Fsp3) is 0. The topological polar surface area (TPSA) is 50.2 Å². The Balaban J connectivity index is 2.76. The number of carboxylic acid groups (broad SMARTS) is 1. The fourth-order valence-corrected chi connectivity index (χ4v) is 2.77. The van der Waals surface area contributed by atoms with Crippen molar-refractivity contribution < 1.29 is 9.90 Å². The van der Waals surface area contributed by atoms with E-state index in [1.165, 1.54) is 24.3 Å². The van der Waals surface area contributed by atoms with Crippen molar-refractivity contribution in [2.45, 2.75) is 0 Å². The highest BCUT2D eigenvalue weighted by atomic mass is 35.5.